The first-order valence-electron chi connectivity index (χ1n) is 12.5. The third-order valence-corrected chi connectivity index (χ3v) is 7.55. The average Bonchev–Trinajstić information content (AvgIpc) is 3.57. The Morgan fingerprint density at radius 1 is 0.939 bits per heavy atom. The van der Waals surface area contributed by atoms with E-state index >= 15 is 0 Å². The summed E-state index contributed by atoms with van der Waals surface area (Å²) >= 11 is 0. The number of carbonyl (C=O) groups is 1. The number of fused-ring (bicyclic) bond motifs is 1. The predicted molar refractivity (Wildman–Crippen MR) is 129 cm³/mol. The Bertz CT molecular complexity index is 1130. The van der Waals surface area contributed by atoms with Gasteiger partial charge in [0.15, 0.2) is 5.65 Å². The van der Waals surface area contributed by atoms with Crippen molar-refractivity contribution < 1.29 is 4.79 Å². The highest BCUT2D eigenvalue weighted by atomic mass is 16.2. The van der Waals surface area contributed by atoms with Crippen molar-refractivity contribution >= 4 is 17.4 Å². The molecular formula is C26H32N6O. The second-order valence-electron chi connectivity index (χ2n) is 9.78. The van der Waals surface area contributed by atoms with Crippen LogP contribution in [0.4, 0.5) is 5.82 Å². The molecule has 0 bridgehead atoms. The van der Waals surface area contributed by atoms with E-state index in [1.807, 2.05) is 47.1 Å². The molecule has 1 amide bonds. The van der Waals surface area contributed by atoms with E-state index in [9.17, 15) is 4.79 Å². The van der Waals surface area contributed by atoms with Gasteiger partial charge in [-0.1, -0.05) is 12.1 Å². The molecule has 2 saturated heterocycles. The molecule has 2 aliphatic heterocycles. The van der Waals surface area contributed by atoms with Crippen LogP contribution >= 0.6 is 0 Å². The molecule has 3 aliphatic rings. The minimum Gasteiger partial charge on any atom is -0.366 e. The van der Waals surface area contributed by atoms with Crippen molar-refractivity contribution in [3.8, 4) is 11.3 Å². The van der Waals surface area contributed by atoms with Crippen LogP contribution < -0.4 is 5.32 Å². The van der Waals surface area contributed by atoms with Gasteiger partial charge in [-0.3, -0.25) is 4.79 Å². The number of benzene rings is 1. The zero-order chi connectivity index (χ0) is 22.2. The monoisotopic (exact) mass is 444 g/mol. The van der Waals surface area contributed by atoms with Gasteiger partial charge in [-0.15, -0.1) is 5.10 Å². The van der Waals surface area contributed by atoms with Crippen molar-refractivity contribution in [1.82, 2.24) is 24.4 Å². The van der Waals surface area contributed by atoms with Crippen LogP contribution in [-0.2, 0) is 0 Å². The molecule has 3 aromatic rings. The zero-order valence-corrected chi connectivity index (χ0v) is 19.1. The molecule has 3 fully saturated rings. The summed E-state index contributed by atoms with van der Waals surface area (Å²) < 4.78 is 1.89. The van der Waals surface area contributed by atoms with Gasteiger partial charge in [-0.05, 0) is 82.3 Å². The average molecular weight is 445 g/mol. The van der Waals surface area contributed by atoms with Gasteiger partial charge < -0.3 is 15.1 Å². The van der Waals surface area contributed by atoms with Crippen molar-refractivity contribution in [2.75, 3.05) is 31.5 Å². The number of nitrogens with zero attached hydrogens (tertiary/aromatic N) is 5. The molecule has 1 saturated carbocycles. The summed E-state index contributed by atoms with van der Waals surface area (Å²) in [6, 6.07) is 12.8. The first kappa shape index (κ1) is 20.7. The molecule has 6 rings (SSSR count). The van der Waals surface area contributed by atoms with Gasteiger partial charge in [0.2, 0.25) is 0 Å². The molecule has 2 aromatic heterocycles. The van der Waals surface area contributed by atoms with E-state index in [2.05, 4.69) is 20.1 Å². The van der Waals surface area contributed by atoms with E-state index in [4.69, 9.17) is 5.10 Å². The molecule has 33 heavy (non-hydrogen) atoms. The Hall–Kier alpha value is -2.93. The second-order valence-corrected chi connectivity index (χ2v) is 9.78. The standard InChI is InChI=1S/C26H32N6O/c33-26(31-16-4-7-22(31)18-30-14-1-2-15-30)20-10-8-19(9-11-20)23-17-27-25-13-12-24(29-32(23)25)28-21-5-3-6-21/h8-13,17,21-22H,1-7,14-16,18H2,(H,28,29)/t22-/m1/s1. The van der Waals surface area contributed by atoms with Gasteiger partial charge in [0.25, 0.3) is 5.91 Å². The third-order valence-electron chi connectivity index (χ3n) is 7.55. The van der Waals surface area contributed by atoms with E-state index < -0.39 is 0 Å². The lowest BCUT2D eigenvalue weighted by Crippen LogP contribution is -2.42. The maximum atomic E-state index is 13.3. The summed E-state index contributed by atoms with van der Waals surface area (Å²) in [5.74, 6) is 1.04. The number of rotatable bonds is 6. The molecule has 1 N–H and O–H groups in total. The highest BCUT2D eigenvalue weighted by Gasteiger charge is 2.31. The number of aromatic nitrogens is 3. The topological polar surface area (TPSA) is 65.8 Å². The molecule has 1 atom stereocenters. The van der Waals surface area contributed by atoms with Crippen LogP contribution in [0.1, 0.15) is 55.3 Å². The molecule has 1 aliphatic carbocycles. The van der Waals surface area contributed by atoms with Gasteiger partial charge in [0, 0.05) is 36.3 Å². The highest BCUT2D eigenvalue weighted by molar-refractivity contribution is 5.95. The molecule has 7 heteroatoms. The Morgan fingerprint density at radius 3 is 2.52 bits per heavy atom. The van der Waals surface area contributed by atoms with Crippen LogP contribution in [0.2, 0.25) is 0 Å². The number of amides is 1. The van der Waals surface area contributed by atoms with Crippen molar-refractivity contribution in [1.29, 1.82) is 0 Å². The molecular weight excluding hydrogens is 412 g/mol. The summed E-state index contributed by atoms with van der Waals surface area (Å²) in [5.41, 5.74) is 3.55. The summed E-state index contributed by atoms with van der Waals surface area (Å²) in [7, 11) is 0. The molecule has 4 heterocycles. The number of anilines is 1. The molecule has 7 nitrogen and oxygen atoms in total. The minimum atomic E-state index is 0.159. The van der Waals surface area contributed by atoms with Crippen LogP contribution in [0, 0.1) is 0 Å². The first-order valence-corrected chi connectivity index (χ1v) is 12.5. The van der Waals surface area contributed by atoms with Crippen molar-refractivity contribution in [2.45, 2.75) is 57.0 Å². The molecule has 0 spiro atoms. The quantitative estimate of drug-likeness (QED) is 0.621. The van der Waals surface area contributed by atoms with Crippen LogP contribution in [0.25, 0.3) is 16.9 Å². The fourth-order valence-corrected chi connectivity index (χ4v) is 5.41. The SMILES string of the molecule is O=C(c1ccc(-c2cnc3ccc(NC4CCC4)nn23)cc1)N1CCC[C@@H]1CN1CCCC1. The summed E-state index contributed by atoms with van der Waals surface area (Å²) in [5, 5.41) is 8.29. The van der Waals surface area contributed by atoms with Gasteiger partial charge in [-0.2, -0.15) is 0 Å². The lowest BCUT2D eigenvalue weighted by molar-refractivity contribution is 0.0709. The number of hydrogen-bond acceptors (Lipinski definition) is 5. The fraction of sp³-hybridized carbons (Fsp3) is 0.500. The molecule has 1 aromatic carbocycles. The van der Waals surface area contributed by atoms with Gasteiger partial charge in [-0.25, -0.2) is 9.50 Å². The largest absolute Gasteiger partial charge is 0.366 e. The van der Waals surface area contributed by atoms with Crippen LogP contribution in [0.15, 0.2) is 42.6 Å². The van der Waals surface area contributed by atoms with Gasteiger partial charge in [0.05, 0.1) is 11.9 Å². The minimum absolute atomic E-state index is 0.159. The van der Waals surface area contributed by atoms with Crippen molar-refractivity contribution in [2.24, 2.45) is 0 Å². The number of imidazole rings is 1. The molecule has 172 valence electrons. The molecule has 0 unspecified atom stereocenters. The zero-order valence-electron chi connectivity index (χ0n) is 19.1. The van der Waals surface area contributed by atoms with Crippen LogP contribution in [0.5, 0.6) is 0 Å². The lowest BCUT2D eigenvalue weighted by Gasteiger charge is -2.28. The number of hydrogen-bond donors (Lipinski definition) is 1. The highest BCUT2D eigenvalue weighted by Crippen LogP contribution is 2.26. The Morgan fingerprint density at radius 2 is 1.76 bits per heavy atom. The first-order chi connectivity index (χ1) is 16.2. The number of likely N-dealkylation sites (tertiary alicyclic amines) is 2. The normalized spacial score (nSPS) is 21.6. The van der Waals surface area contributed by atoms with Crippen LogP contribution in [0.3, 0.4) is 0 Å². The van der Waals surface area contributed by atoms with E-state index in [1.54, 1.807) is 0 Å². The van der Waals surface area contributed by atoms with E-state index in [1.165, 1.54) is 45.2 Å². The Balaban J connectivity index is 1.19. The van der Waals surface area contributed by atoms with Gasteiger partial charge in [0.1, 0.15) is 5.82 Å². The second kappa shape index (κ2) is 8.78. The van der Waals surface area contributed by atoms with Crippen molar-refractivity contribution in [3.05, 3.63) is 48.2 Å². The summed E-state index contributed by atoms with van der Waals surface area (Å²) in [6.45, 7) is 4.25. The smallest absolute Gasteiger partial charge is 0.254 e. The summed E-state index contributed by atoms with van der Waals surface area (Å²) in [4.78, 5) is 22.4. The van der Waals surface area contributed by atoms with Gasteiger partial charge >= 0.3 is 0 Å². The summed E-state index contributed by atoms with van der Waals surface area (Å²) in [6.07, 6.45) is 10.4. The maximum absolute atomic E-state index is 13.3. The Kier molecular flexibility index (Phi) is 5.50. The van der Waals surface area contributed by atoms with E-state index in [0.29, 0.717) is 12.1 Å². The lowest BCUT2D eigenvalue weighted by atomic mass is 9.93. The maximum Gasteiger partial charge on any atom is 0.254 e. The number of carbonyl (C=O) groups excluding carboxylic acids is 1. The van der Waals surface area contributed by atoms with Crippen LogP contribution in [-0.4, -0.2) is 68.6 Å². The third kappa shape index (κ3) is 4.10. The molecule has 0 radical (unpaired) electrons. The Labute approximate surface area is 194 Å². The number of nitrogens with one attached hydrogen (secondary N) is 1. The van der Waals surface area contributed by atoms with E-state index in [-0.39, 0.29) is 5.91 Å². The van der Waals surface area contributed by atoms with E-state index in [0.717, 1.165) is 54.2 Å². The fourth-order valence-electron chi connectivity index (χ4n) is 5.41. The predicted octanol–water partition coefficient (Wildman–Crippen LogP) is 4.06. The van der Waals surface area contributed by atoms with Crippen molar-refractivity contribution in [3.63, 3.8) is 0 Å².